The molecule has 2 amide bonds. The van der Waals surface area contributed by atoms with Crippen LogP contribution in [-0.2, 0) is 11.3 Å². The maximum Gasteiger partial charge on any atom is 0.407 e. The van der Waals surface area contributed by atoms with E-state index in [1.165, 1.54) is 4.90 Å². The molecule has 1 saturated heterocycles. The van der Waals surface area contributed by atoms with E-state index in [0.717, 1.165) is 5.56 Å². The molecule has 5 nitrogen and oxygen atoms in total. The summed E-state index contributed by atoms with van der Waals surface area (Å²) >= 11 is 12.3. The number of likely N-dealkylation sites (tertiary alicyclic amines) is 1. The average molecular weight is 359 g/mol. The van der Waals surface area contributed by atoms with Gasteiger partial charge in [0.15, 0.2) is 0 Å². The van der Waals surface area contributed by atoms with Crippen LogP contribution in [0.5, 0.6) is 0 Å². The van der Waals surface area contributed by atoms with Crippen LogP contribution < -0.4 is 0 Å². The first-order chi connectivity index (χ1) is 10.8. The standard InChI is InChI=1S/C16H20Cl2N2O3/c1-10(2)15(21)20(12-6-7-19(9-12)16(22)23)8-11-4-3-5-13(17)14(11)18/h3-5,10,12H,6-9H2,1-2H3,(H,22,23)/t12-/m0/s1. The topological polar surface area (TPSA) is 60.9 Å². The minimum absolute atomic E-state index is 0.0155. The number of hydrogen-bond acceptors (Lipinski definition) is 2. The number of amides is 2. The smallest absolute Gasteiger partial charge is 0.407 e. The van der Waals surface area contributed by atoms with E-state index in [9.17, 15) is 9.59 Å². The molecule has 0 aromatic heterocycles. The van der Waals surface area contributed by atoms with Gasteiger partial charge in [-0.1, -0.05) is 49.2 Å². The van der Waals surface area contributed by atoms with Gasteiger partial charge in [0.2, 0.25) is 5.91 Å². The van der Waals surface area contributed by atoms with Crippen molar-refractivity contribution in [1.82, 2.24) is 9.80 Å². The number of nitrogens with zero attached hydrogens (tertiary/aromatic N) is 2. The molecule has 1 N–H and O–H groups in total. The zero-order valence-electron chi connectivity index (χ0n) is 13.1. The van der Waals surface area contributed by atoms with E-state index < -0.39 is 6.09 Å². The van der Waals surface area contributed by atoms with Gasteiger partial charge >= 0.3 is 6.09 Å². The van der Waals surface area contributed by atoms with Gasteiger partial charge in [0, 0.05) is 25.6 Å². The molecular weight excluding hydrogens is 339 g/mol. The Morgan fingerprint density at radius 1 is 1.39 bits per heavy atom. The molecule has 1 aromatic carbocycles. The van der Waals surface area contributed by atoms with Crippen LogP contribution in [0.3, 0.4) is 0 Å². The largest absolute Gasteiger partial charge is 0.465 e. The van der Waals surface area contributed by atoms with Gasteiger partial charge in [0.25, 0.3) is 0 Å². The highest BCUT2D eigenvalue weighted by molar-refractivity contribution is 6.42. The lowest BCUT2D eigenvalue weighted by atomic mass is 10.1. The van der Waals surface area contributed by atoms with Gasteiger partial charge in [-0.25, -0.2) is 4.79 Å². The molecule has 0 radical (unpaired) electrons. The second kappa shape index (κ2) is 7.41. The van der Waals surface area contributed by atoms with E-state index in [0.29, 0.717) is 36.1 Å². The first kappa shape index (κ1) is 17.9. The molecule has 0 saturated carbocycles. The number of halogens is 2. The van der Waals surface area contributed by atoms with Crippen molar-refractivity contribution in [2.24, 2.45) is 5.92 Å². The van der Waals surface area contributed by atoms with Gasteiger partial charge in [-0.05, 0) is 18.1 Å². The van der Waals surface area contributed by atoms with Crippen LogP contribution in [-0.4, -0.2) is 46.0 Å². The molecule has 23 heavy (non-hydrogen) atoms. The van der Waals surface area contributed by atoms with Gasteiger partial charge in [-0.2, -0.15) is 0 Å². The lowest BCUT2D eigenvalue weighted by molar-refractivity contribution is -0.137. The molecule has 0 spiro atoms. The first-order valence-corrected chi connectivity index (χ1v) is 8.28. The molecule has 1 aromatic rings. The van der Waals surface area contributed by atoms with Crippen molar-refractivity contribution in [2.75, 3.05) is 13.1 Å². The van der Waals surface area contributed by atoms with E-state index >= 15 is 0 Å². The van der Waals surface area contributed by atoms with Crippen molar-refractivity contribution in [2.45, 2.75) is 32.9 Å². The maximum atomic E-state index is 12.6. The van der Waals surface area contributed by atoms with Crippen LogP contribution >= 0.6 is 23.2 Å². The Bertz CT molecular complexity index is 607. The predicted molar refractivity (Wildman–Crippen MR) is 89.9 cm³/mol. The molecule has 0 bridgehead atoms. The Balaban J connectivity index is 2.23. The van der Waals surface area contributed by atoms with Crippen molar-refractivity contribution in [3.8, 4) is 0 Å². The number of carbonyl (C=O) groups excluding carboxylic acids is 1. The first-order valence-electron chi connectivity index (χ1n) is 7.52. The number of carbonyl (C=O) groups is 2. The number of carboxylic acid groups (broad SMARTS) is 1. The normalized spacial score (nSPS) is 17.6. The lowest BCUT2D eigenvalue weighted by Crippen LogP contribution is -2.44. The molecule has 1 aliphatic rings. The minimum Gasteiger partial charge on any atom is -0.465 e. The Morgan fingerprint density at radius 2 is 2.09 bits per heavy atom. The van der Waals surface area contributed by atoms with Crippen molar-refractivity contribution < 1.29 is 14.7 Å². The van der Waals surface area contributed by atoms with Crippen LogP contribution in [0.4, 0.5) is 4.79 Å². The fourth-order valence-electron chi connectivity index (χ4n) is 2.74. The highest BCUT2D eigenvalue weighted by atomic mass is 35.5. The highest BCUT2D eigenvalue weighted by Gasteiger charge is 2.34. The minimum atomic E-state index is -0.953. The predicted octanol–water partition coefficient (Wildman–Crippen LogP) is 3.73. The average Bonchev–Trinajstić information content (AvgIpc) is 2.98. The third kappa shape index (κ3) is 4.09. The molecule has 0 unspecified atom stereocenters. The van der Waals surface area contributed by atoms with Gasteiger partial charge in [0.05, 0.1) is 16.1 Å². The molecule has 7 heteroatoms. The maximum absolute atomic E-state index is 12.6. The summed E-state index contributed by atoms with van der Waals surface area (Å²) in [6.07, 6.45) is -0.326. The fourth-order valence-corrected chi connectivity index (χ4v) is 3.12. The number of rotatable bonds is 4. The van der Waals surface area contributed by atoms with E-state index in [1.807, 2.05) is 19.9 Å². The van der Waals surface area contributed by atoms with Crippen LogP contribution in [0, 0.1) is 5.92 Å². The summed E-state index contributed by atoms with van der Waals surface area (Å²) < 4.78 is 0. The monoisotopic (exact) mass is 358 g/mol. The molecule has 0 aliphatic carbocycles. The zero-order chi connectivity index (χ0) is 17.1. The quantitative estimate of drug-likeness (QED) is 0.891. The summed E-state index contributed by atoms with van der Waals surface area (Å²) in [5.41, 5.74) is 0.766. The van der Waals surface area contributed by atoms with E-state index in [1.54, 1.807) is 17.0 Å². The van der Waals surface area contributed by atoms with Gasteiger partial charge in [-0.15, -0.1) is 0 Å². The third-order valence-corrected chi connectivity index (χ3v) is 4.88. The zero-order valence-corrected chi connectivity index (χ0v) is 14.6. The van der Waals surface area contributed by atoms with Crippen molar-refractivity contribution in [3.05, 3.63) is 33.8 Å². The van der Waals surface area contributed by atoms with E-state index in [-0.39, 0.29) is 17.9 Å². The summed E-state index contributed by atoms with van der Waals surface area (Å²) in [5, 5.41) is 9.99. The Labute approximate surface area is 145 Å². The number of hydrogen-bond donors (Lipinski definition) is 1. The molecule has 1 atom stereocenters. The molecule has 1 aliphatic heterocycles. The SMILES string of the molecule is CC(C)C(=O)N(Cc1cccc(Cl)c1Cl)[C@H]1CCN(C(=O)O)C1. The van der Waals surface area contributed by atoms with E-state index in [4.69, 9.17) is 28.3 Å². The van der Waals surface area contributed by atoms with E-state index in [2.05, 4.69) is 0 Å². The summed E-state index contributed by atoms with van der Waals surface area (Å²) in [7, 11) is 0. The van der Waals surface area contributed by atoms with Crippen molar-refractivity contribution in [1.29, 1.82) is 0 Å². The van der Waals surface area contributed by atoms with Crippen LogP contribution in [0.15, 0.2) is 18.2 Å². The third-order valence-electron chi connectivity index (χ3n) is 4.02. The Kier molecular flexibility index (Phi) is 5.76. The molecule has 1 heterocycles. The highest BCUT2D eigenvalue weighted by Crippen LogP contribution is 2.28. The van der Waals surface area contributed by atoms with Gasteiger partial charge < -0.3 is 14.9 Å². The summed E-state index contributed by atoms with van der Waals surface area (Å²) in [6.45, 7) is 4.75. The van der Waals surface area contributed by atoms with Crippen molar-refractivity contribution >= 4 is 35.2 Å². The Morgan fingerprint density at radius 3 is 2.65 bits per heavy atom. The second-order valence-electron chi connectivity index (χ2n) is 6.00. The molecule has 1 fully saturated rings. The molecule has 126 valence electrons. The fraction of sp³-hybridized carbons (Fsp3) is 0.500. The second-order valence-corrected chi connectivity index (χ2v) is 6.79. The summed E-state index contributed by atoms with van der Waals surface area (Å²) in [4.78, 5) is 26.8. The van der Waals surface area contributed by atoms with Crippen molar-refractivity contribution in [3.63, 3.8) is 0 Å². The summed E-state index contributed by atoms with van der Waals surface area (Å²) in [6, 6.07) is 5.18. The summed E-state index contributed by atoms with van der Waals surface area (Å²) in [5.74, 6) is -0.190. The van der Waals surface area contributed by atoms with Gasteiger partial charge in [0.1, 0.15) is 0 Å². The van der Waals surface area contributed by atoms with Crippen LogP contribution in [0.25, 0.3) is 0 Å². The van der Waals surface area contributed by atoms with Gasteiger partial charge in [-0.3, -0.25) is 4.79 Å². The van der Waals surface area contributed by atoms with Crippen LogP contribution in [0.2, 0.25) is 10.0 Å². The lowest BCUT2D eigenvalue weighted by Gasteiger charge is -2.31. The Hall–Kier alpha value is -1.46. The molecular formula is C16H20Cl2N2O3. The van der Waals surface area contributed by atoms with Crippen LogP contribution in [0.1, 0.15) is 25.8 Å². The number of benzene rings is 1. The molecule has 2 rings (SSSR count).